The fourth-order valence-corrected chi connectivity index (χ4v) is 4.19. The number of aliphatic carboxylic acids is 1. The van der Waals surface area contributed by atoms with Crippen molar-refractivity contribution in [3.8, 4) is 0 Å². The third kappa shape index (κ3) is 1.44. The van der Waals surface area contributed by atoms with Crippen LogP contribution in [-0.2, 0) is 4.79 Å². The van der Waals surface area contributed by atoms with E-state index >= 15 is 0 Å². The second-order valence-corrected chi connectivity index (χ2v) is 5.56. The number of piperidine rings is 1. The molecule has 3 atom stereocenters. The predicted molar refractivity (Wildman–Crippen MR) is 62.9 cm³/mol. The van der Waals surface area contributed by atoms with Crippen LogP contribution >= 0.6 is 11.8 Å². The number of hydrogen-bond donors (Lipinski definition) is 2. The fraction of sp³-hybridized carbons (Fsp3) is 0.417. The lowest BCUT2D eigenvalue weighted by molar-refractivity contribution is -0.140. The summed E-state index contributed by atoms with van der Waals surface area (Å²) in [7, 11) is 0. The molecule has 0 aliphatic carbocycles. The van der Waals surface area contributed by atoms with Gasteiger partial charge in [-0.3, -0.25) is 4.79 Å². The van der Waals surface area contributed by atoms with Gasteiger partial charge in [-0.2, -0.15) is 0 Å². The van der Waals surface area contributed by atoms with Crippen molar-refractivity contribution in [1.82, 2.24) is 5.32 Å². The maximum Gasteiger partial charge on any atom is 0.321 e. The molecule has 0 amide bonds. The first kappa shape index (κ1) is 10.2. The summed E-state index contributed by atoms with van der Waals surface area (Å²) in [5.41, 5.74) is 1.21. The number of fused-ring (bicyclic) bond motifs is 3. The van der Waals surface area contributed by atoms with Crippen LogP contribution in [0.15, 0.2) is 29.2 Å². The maximum absolute atomic E-state index is 11.2. The molecule has 2 aliphatic rings. The van der Waals surface area contributed by atoms with Gasteiger partial charge in [0.05, 0.1) is 0 Å². The Hall–Kier alpha value is -1.00. The smallest absolute Gasteiger partial charge is 0.321 e. The van der Waals surface area contributed by atoms with Crippen LogP contribution in [0.4, 0.5) is 0 Å². The summed E-state index contributed by atoms with van der Waals surface area (Å²) >= 11 is 1.84. The fourth-order valence-electron chi connectivity index (χ4n) is 2.68. The van der Waals surface area contributed by atoms with Crippen molar-refractivity contribution in [3.05, 3.63) is 29.8 Å². The molecule has 3 nitrogen and oxygen atoms in total. The molecule has 0 saturated carbocycles. The number of carboxylic acid groups (broad SMARTS) is 1. The number of nitrogens with one attached hydrogen (secondary N) is 1. The van der Waals surface area contributed by atoms with Gasteiger partial charge >= 0.3 is 5.97 Å². The number of carbonyl (C=O) groups is 1. The molecule has 3 unspecified atom stereocenters. The minimum atomic E-state index is -0.730. The van der Waals surface area contributed by atoms with Crippen molar-refractivity contribution < 1.29 is 9.90 Å². The Kier molecular flexibility index (Phi) is 2.41. The monoisotopic (exact) mass is 235 g/mol. The van der Waals surface area contributed by atoms with Gasteiger partial charge in [-0.25, -0.2) is 0 Å². The van der Waals surface area contributed by atoms with E-state index in [0.717, 1.165) is 13.0 Å². The molecule has 2 aliphatic heterocycles. The summed E-state index contributed by atoms with van der Waals surface area (Å²) in [6.45, 7) is 0.805. The molecule has 16 heavy (non-hydrogen) atoms. The molecule has 0 radical (unpaired) electrons. The van der Waals surface area contributed by atoms with E-state index in [-0.39, 0.29) is 5.92 Å². The quantitative estimate of drug-likeness (QED) is 0.777. The first-order valence-electron chi connectivity index (χ1n) is 5.49. The number of hydrogen-bond acceptors (Lipinski definition) is 3. The topological polar surface area (TPSA) is 49.3 Å². The van der Waals surface area contributed by atoms with Crippen molar-refractivity contribution >= 4 is 17.7 Å². The zero-order chi connectivity index (χ0) is 11.1. The lowest BCUT2D eigenvalue weighted by atomic mass is 9.85. The minimum Gasteiger partial charge on any atom is -0.480 e. The van der Waals surface area contributed by atoms with E-state index in [4.69, 9.17) is 0 Å². The molecule has 3 rings (SSSR count). The molecule has 1 aromatic rings. The van der Waals surface area contributed by atoms with E-state index in [1.54, 1.807) is 0 Å². The summed E-state index contributed by atoms with van der Waals surface area (Å²) in [6.07, 6.45) is 1.05. The highest BCUT2D eigenvalue weighted by Gasteiger charge is 2.43. The Morgan fingerprint density at radius 2 is 2.25 bits per heavy atom. The van der Waals surface area contributed by atoms with Crippen LogP contribution in [-0.4, -0.2) is 28.9 Å². The van der Waals surface area contributed by atoms with Crippen LogP contribution in [0.25, 0.3) is 0 Å². The van der Waals surface area contributed by atoms with Crippen LogP contribution in [0.3, 0.4) is 0 Å². The second-order valence-electron chi connectivity index (χ2n) is 4.28. The van der Waals surface area contributed by atoms with Gasteiger partial charge in [0.1, 0.15) is 6.04 Å². The molecule has 0 aromatic heterocycles. The molecule has 1 aromatic carbocycles. The molecule has 84 valence electrons. The average molecular weight is 235 g/mol. The summed E-state index contributed by atoms with van der Waals surface area (Å²) in [6, 6.07) is 7.75. The van der Waals surface area contributed by atoms with Gasteiger partial charge in [-0.1, -0.05) is 18.2 Å². The molecule has 4 heteroatoms. The highest BCUT2D eigenvalue weighted by Crippen LogP contribution is 2.49. The Morgan fingerprint density at radius 1 is 1.44 bits per heavy atom. The average Bonchev–Trinajstić information content (AvgIpc) is 2.66. The molecular weight excluding hydrogens is 222 g/mol. The Labute approximate surface area is 98.2 Å². The standard InChI is InChI=1S/C12H13NO2S/c14-12(15)11-10-7-3-1-2-4-8(7)16-9(10)5-6-13-11/h1-4,9-11,13H,5-6H2,(H,14,15). The van der Waals surface area contributed by atoms with Crippen molar-refractivity contribution in [2.75, 3.05) is 6.54 Å². The molecule has 2 heterocycles. The van der Waals surface area contributed by atoms with E-state index in [2.05, 4.69) is 17.4 Å². The summed E-state index contributed by atoms with van der Waals surface area (Å²) in [4.78, 5) is 12.5. The molecular formula is C12H13NO2S. The van der Waals surface area contributed by atoms with Gasteiger partial charge in [-0.15, -0.1) is 11.8 Å². The first-order chi connectivity index (χ1) is 7.77. The van der Waals surface area contributed by atoms with Crippen molar-refractivity contribution in [1.29, 1.82) is 0 Å². The molecule has 0 spiro atoms. The third-order valence-corrected chi connectivity index (χ3v) is 4.83. The zero-order valence-corrected chi connectivity index (χ0v) is 9.54. The van der Waals surface area contributed by atoms with Crippen molar-refractivity contribution in [3.63, 3.8) is 0 Å². The van der Waals surface area contributed by atoms with E-state index in [0.29, 0.717) is 5.25 Å². The third-order valence-electron chi connectivity index (χ3n) is 3.38. The number of thioether (sulfide) groups is 1. The second kappa shape index (κ2) is 3.79. The lowest BCUT2D eigenvalue weighted by Crippen LogP contribution is -2.49. The number of carboxylic acids is 1. The van der Waals surface area contributed by atoms with Gasteiger partial charge in [0.25, 0.3) is 0 Å². The van der Waals surface area contributed by atoms with Gasteiger partial charge < -0.3 is 10.4 Å². The van der Waals surface area contributed by atoms with Crippen LogP contribution in [0.1, 0.15) is 17.9 Å². The molecule has 2 N–H and O–H groups in total. The SMILES string of the molecule is O=C(O)C1NCCC2Sc3ccccc3C21. The van der Waals surface area contributed by atoms with E-state index in [1.807, 2.05) is 23.9 Å². The van der Waals surface area contributed by atoms with Gasteiger partial charge in [-0.05, 0) is 24.6 Å². The van der Waals surface area contributed by atoms with Crippen LogP contribution in [0, 0.1) is 0 Å². The van der Waals surface area contributed by atoms with Crippen LogP contribution in [0.2, 0.25) is 0 Å². The van der Waals surface area contributed by atoms with E-state index in [1.165, 1.54) is 10.5 Å². The van der Waals surface area contributed by atoms with Crippen LogP contribution < -0.4 is 5.32 Å². The van der Waals surface area contributed by atoms with Crippen molar-refractivity contribution in [2.45, 2.75) is 28.5 Å². The lowest BCUT2D eigenvalue weighted by Gasteiger charge is -2.31. The highest BCUT2D eigenvalue weighted by atomic mass is 32.2. The number of benzene rings is 1. The minimum absolute atomic E-state index is 0.132. The zero-order valence-electron chi connectivity index (χ0n) is 8.72. The van der Waals surface area contributed by atoms with Gasteiger partial charge in [0.2, 0.25) is 0 Å². The highest BCUT2D eigenvalue weighted by molar-refractivity contribution is 8.00. The first-order valence-corrected chi connectivity index (χ1v) is 6.37. The predicted octanol–water partition coefficient (Wildman–Crippen LogP) is 1.69. The Balaban J connectivity index is 2.02. The van der Waals surface area contributed by atoms with Gasteiger partial charge in [0.15, 0.2) is 0 Å². The van der Waals surface area contributed by atoms with E-state index < -0.39 is 12.0 Å². The molecule has 1 fully saturated rings. The molecule has 0 bridgehead atoms. The number of rotatable bonds is 1. The maximum atomic E-state index is 11.2. The summed E-state index contributed by atoms with van der Waals surface area (Å²) < 4.78 is 0. The van der Waals surface area contributed by atoms with Crippen molar-refractivity contribution in [2.24, 2.45) is 0 Å². The normalized spacial score (nSPS) is 31.9. The van der Waals surface area contributed by atoms with Crippen LogP contribution in [0.5, 0.6) is 0 Å². The summed E-state index contributed by atoms with van der Waals surface area (Å²) in [5, 5.41) is 12.8. The Morgan fingerprint density at radius 3 is 3.06 bits per heavy atom. The van der Waals surface area contributed by atoms with Gasteiger partial charge in [0, 0.05) is 16.1 Å². The Bertz CT molecular complexity index is 435. The summed E-state index contributed by atoms with van der Waals surface area (Å²) in [5.74, 6) is -0.598. The van der Waals surface area contributed by atoms with E-state index in [9.17, 15) is 9.90 Å². The largest absolute Gasteiger partial charge is 0.480 e. The molecule has 1 saturated heterocycles.